The van der Waals surface area contributed by atoms with E-state index >= 15 is 0 Å². The van der Waals surface area contributed by atoms with E-state index in [1.54, 1.807) is 0 Å². The second kappa shape index (κ2) is 9.92. The van der Waals surface area contributed by atoms with Gasteiger partial charge in [-0.25, -0.2) is 4.79 Å². The van der Waals surface area contributed by atoms with Crippen molar-refractivity contribution >= 4 is 52.2 Å². The number of alkyl halides is 6. The van der Waals surface area contributed by atoms with Crippen LogP contribution in [0.2, 0.25) is 15.1 Å². The van der Waals surface area contributed by atoms with E-state index in [0.717, 1.165) is 12.1 Å². The number of benzene rings is 3. The molecule has 14 heteroatoms. The van der Waals surface area contributed by atoms with Gasteiger partial charge in [-0.15, -0.1) is 0 Å². The second-order valence-corrected chi connectivity index (χ2v) is 8.10. The molecule has 0 saturated heterocycles. The molecule has 0 saturated carbocycles. The van der Waals surface area contributed by atoms with E-state index in [1.807, 2.05) is 5.32 Å². The number of halogens is 9. The summed E-state index contributed by atoms with van der Waals surface area (Å²) in [5.74, 6) is -0.611. The molecule has 5 nitrogen and oxygen atoms in total. The highest BCUT2D eigenvalue weighted by molar-refractivity contribution is 6.35. The molecule has 3 rings (SSSR count). The zero-order valence-corrected chi connectivity index (χ0v) is 19.1. The molecule has 0 atom stereocenters. The highest BCUT2D eigenvalue weighted by Gasteiger charge is 2.37. The summed E-state index contributed by atoms with van der Waals surface area (Å²) in [5, 5.41) is 14.3. The Morgan fingerprint density at radius 1 is 0.771 bits per heavy atom. The number of hydrogen-bond donors (Lipinski definition) is 3. The first kappa shape index (κ1) is 26.6. The number of nitrogens with one attached hydrogen (secondary N) is 2. The molecular formula is C21H11Cl3F6N2O3. The summed E-state index contributed by atoms with van der Waals surface area (Å²) in [7, 11) is 0. The Labute approximate surface area is 208 Å². The van der Waals surface area contributed by atoms with Crippen LogP contribution in [0, 0.1) is 0 Å². The lowest BCUT2D eigenvalue weighted by molar-refractivity contribution is -0.143. The lowest BCUT2D eigenvalue weighted by atomic mass is 10.1. The Bertz CT molecular complexity index is 1250. The molecule has 0 aliphatic heterocycles. The van der Waals surface area contributed by atoms with Gasteiger partial charge in [-0.1, -0.05) is 34.8 Å². The fourth-order valence-corrected chi connectivity index (χ4v) is 3.36. The van der Waals surface area contributed by atoms with Crippen LogP contribution < -0.4 is 15.4 Å². The largest absolute Gasteiger partial charge is 0.504 e. The average Bonchev–Trinajstić information content (AvgIpc) is 2.71. The molecule has 0 fully saturated rings. The van der Waals surface area contributed by atoms with Crippen molar-refractivity contribution in [2.24, 2.45) is 0 Å². The Kier molecular flexibility index (Phi) is 7.53. The van der Waals surface area contributed by atoms with Gasteiger partial charge >= 0.3 is 18.4 Å². The SMILES string of the molecule is O=C(Nc1cc(C(F)(F)F)cc(C(F)(F)F)c1)Nc1cc(Oc2ccc(Cl)cc2Cl)c(O)cc1Cl. The van der Waals surface area contributed by atoms with E-state index in [2.05, 4.69) is 5.32 Å². The molecule has 35 heavy (non-hydrogen) atoms. The van der Waals surface area contributed by atoms with E-state index < -0.39 is 40.9 Å². The zero-order valence-electron chi connectivity index (χ0n) is 16.8. The molecule has 2 amide bonds. The van der Waals surface area contributed by atoms with Crippen LogP contribution >= 0.6 is 34.8 Å². The van der Waals surface area contributed by atoms with Gasteiger partial charge in [0.2, 0.25) is 0 Å². The smallest absolute Gasteiger partial charge is 0.416 e. The van der Waals surface area contributed by atoms with Crippen molar-refractivity contribution in [2.45, 2.75) is 12.4 Å². The van der Waals surface area contributed by atoms with Gasteiger partial charge in [0.25, 0.3) is 0 Å². The Morgan fingerprint density at radius 2 is 1.37 bits per heavy atom. The van der Waals surface area contributed by atoms with Crippen LogP contribution in [0.25, 0.3) is 0 Å². The molecule has 0 aliphatic rings. The monoisotopic (exact) mass is 558 g/mol. The molecule has 3 N–H and O–H groups in total. The third-order valence-electron chi connectivity index (χ3n) is 4.26. The van der Waals surface area contributed by atoms with Crippen LogP contribution in [-0.4, -0.2) is 11.1 Å². The maximum atomic E-state index is 13.0. The summed E-state index contributed by atoms with van der Waals surface area (Å²) in [6, 6.07) is 5.64. The minimum Gasteiger partial charge on any atom is -0.504 e. The zero-order chi connectivity index (χ0) is 26.1. The summed E-state index contributed by atoms with van der Waals surface area (Å²) < 4.78 is 83.6. The number of hydrogen-bond acceptors (Lipinski definition) is 3. The highest BCUT2D eigenvalue weighted by Crippen LogP contribution is 2.41. The number of carbonyl (C=O) groups is 1. The fourth-order valence-electron chi connectivity index (χ4n) is 2.71. The van der Waals surface area contributed by atoms with E-state index in [4.69, 9.17) is 39.5 Å². The predicted molar refractivity (Wildman–Crippen MR) is 119 cm³/mol. The fraction of sp³-hybridized carbons (Fsp3) is 0.0952. The van der Waals surface area contributed by atoms with Gasteiger partial charge in [-0.2, -0.15) is 26.3 Å². The van der Waals surface area contributed by atoms with E-state index in [0.29, 0.717) is 17.2 Å². The van der Waals surface area contributed by atoms with E-state index in [1.165, 1.54) is 18.2 Å². The third kappa shape index (κ3) is 6.77. The van der Waals surface area contributed by atoms with Crippen molar-refractivity contribution in [2.75, 3.05) is 10.6 Å². The van der Waals surface area contributed by atoms with Crippen molar-refractivity contribution < 1.29 is 41.0 Å². The van der Waals surface area contributed by atoms with Crippen molar-refractivity contribution in [3.05, 3.63) is 74.7 Å². The molecular weight excluding hydrogens is 549 g/mol. The topological polar surface area (TPSA) is 70.6 Å². The first-order valence-corrected chi connectivity index (χ1v) is 10.3. The molecule has 0 aliphatic carbocycles. The van der Waals surface area contributed by atoms with Crippen LogP contribution in [0.4, 0.5) is 42.5 Å². The standard InChI is InChI=1S/C21H11Cl3F6N2O3/c22-11-1-2-17(14(24)6-11)35-18-8-15(13(23)7-16(18)33)32-19(34)31-12-4-9(20(25,26)27)3-10(5-12)21(28,29)30/h1-8,33H,(H2,31,32,34). The molecule has 0 spiro atoms. The van der Waals surface area contributed by atoms with Crippen LogP contribution in [0.1, 0.15) is 11.1 Å². The minimum absolute atomic E-state index is 0.0766. The van der Waals surface area contributed by atoms with Crippen molar-refractivity contribution in [3.8, 4) is 17.2 Å². The number of rotatable bonds is 4. The van der Waals surface area contributed by atoms with Crippen LogP contribution in [-0.2, 0) is 12.4 Å². The predicted octanol–water partition coefficient (Wildman–Crippen LogP) is 8.83. The van der Waals surface area contributed by atoms with Gasteiger partial charge < -0.3 is 20.5 Å². The van der Waals surface area contributed by atoms with Gasteiger partial charge in [-0.3, -0.25) is 0 Å². The van der Waals surface area contributed by atoms with Crippen LogP contribution in [0.15, 0.2) is 48.5 Å². The Balaban J connectivity index is 1.86. The molecule has 0 unspecified atom stereocenters. The Hall–Kier alpha value is -3.02. The Morgan fingerprint density at radius 3 is 1.91 bits per heavy atom. The van der Waals surface area contributed by atoms with Gasteiger partial charge in [-0.05, 0) is 36.4 Å². The molecule has 0 heterocycles. The van der Waals surface area contributed by atoms with Gasteiger partial charge in [0.15, 0.2) is 11.5 Å². The number of aromatic hydroxyl groups is 1. The first-order valence-electron chi connectivity index (χ1n) is 9.16. The summed E-state index contributed by atoms with van der Waals surface area (Å²) in [4.78, 5) is 12.3. The van der Waals surface area contributed by atoms with Crippen molar-refractivity contribution in [1.82, 2.24) is 0 Å². The first-order chi connectivity index (χ1) is 16.1. The second-order valence-electron chi connectivity index (χ2n) is 6.85. The number of anilines is 2. The third-order valence-corrected chi connectivity index (χ3v) is 5.10. The molecule has 186 valence electrons. The molecule has 3 aromatic rings. The van der Waals surface area contributed by atoms with E-state index in [-0.39, 0.29) is 33.3 Å². The summed E-state index contributed by atoms with van der Waals surface area (Å²) in [5.41, 5.74) is -4.18. The van der Waals surface area contributed by atoms with Crippen LogP contribution in [0.3, 0.4) is 0 Å². The average molecular weight is 560 g/mol. The number of ether oxygens (including phenoxy) is 1. The van der Waals surface area contributed by atoms with Gasteiger partial charge in [0, 0.05) is 22.8 Å². The lowest BCUT2D eigenvalue weighted by Gasteiger charge is -2.16. The summed E-state index contributed by atoms with van der Waals surface area (Å²) in [6.07, 6.45) is -10.2. The number of phenols is 1. The molecule has 0 radical (unpaired) electrons. The quantitative estimate of drug-likeness (QED) is 0.221. The van der Waals surface area contributed by atoms with Gasteiger partial charge in [0.1, 0.15) is 5.75 Å². The van der Waals surface area contributed by atoms with Crippen molar-refractivity contribution in [1.29, 1.82) is 0 Å². The van der Waals surface area contributed by atoms with Gasteiger partial charge in [0.05, 0.1) is 26.9 Å². The number of urea groups is 1. The number of phenolic OH excluding ortho intramolecular Hbond substituents is 1. The van der Waals surface area contributed by atoms with Crippen LogP contribution in [0.5, 0.6) is 17.2 Å². The molecule has 3 aromatic carbocycles. The molecule has 0 aromatic heterocycles. The number of amides is 2. The van der Waals surface area contributed by atoms with E-state index in [9.17, 15) is 36.2 Å². The normalized spacial score (nSPS) is 11.8. The number of carbonyl (C=O) groups excluding carboxylic acids is 1. The minimum atomic E-state index is -5.09. The lowest BCUT2D eigenvalue weighted by Crippen LogP contribution is -2.21. The molecule has 0 bridgehead atoms. The highest BCUT2D eigenvalue weighted by atomic mass is 35.5. The maximum absolute atomic E-state index is 13.0. The summed E-state index contributed by atoms with van der Waals surface area (Å²) in [6.45, 7) is 0. The summed E-state index contributed by atoms with van der Waals surface area (Å²) >= 11 is 17.8. The maximum Gasteiger partial charge on any atom is 0.416 e. The van der Waals surface area contributed by atoms with Crippen molar-refractivity contribution in [3.63, 3.8) is 0 Å².